The Balaban J connectivity index is 1.85. The van der Waals surface area contributed by atoms with Crippen LogP contribution < -0.4 is 0 Å². The fourth-order valence-corrected chi connectivity index (χ4v) is 3.60. The molecule has 1 fully saturated rings. The summed E-state index contributed by atoms with van der Waals surface area (Å²) < 4.78 is 2.04. The van der Waals surface area contributed by atoms with Gasteiger partial charge in [0.15, 0.2) is 0 Å². The van der Waals surface area contributed by atoms with Crippen molar-refractivity contribution in [1.29, 1.82) is 0 Å². The summed E-state index contributed by atoms with van der Waals surface area (Å²) in [5.74, 6) is 0.148. The maximum Gasteiger partial charge on any atom is 0.228 e. The maximum absolute atomic E-state index is 12.8. The van der Waals surface area contributed by atoms with E-state index in [1.807, 2.05) is 41.5 Å². The van der Waals surface area contributed by atoms with Crippen LogP contribution in [0.25, 0.3) is 5.65 Å². The molecule has 5 heteroatoms. The first-order valence-electron chi connectivity index (χ1n) is 8.45. The highest BCUT2D eigenvalue weighted by atomic mass is 16.3. The van der Waals surface area contributed by atoms with E-state index in [9.17, 15) is 9.90 Å². The number of nitrogens with zero attached hydrogens (tertiary/aromatic N) is 3. The number of rotatable bonds is 4. The summed E-state index contributed by atoms with van der Waals surface area (Å²) in [7, 11) is 0. The molecule has 3 rings (SSSR count). The minimum Gasteiger partial charge on any atom is -0.396 e. The van der Waals surface area contributed by atoms with Crippen LogP contribution in [0.2, 0.25) is 0 Å². The fraction of sp³-hybridized carbons (Fsp3) is 0.556. The number of aromatic nitrogens is 2. The van der Waals surface area contributed by atoms with Gasteiger partial charge in [-0.3, -0.25) is 4.79 Å². The Morgan fingerprint density at radius 1 is 1.39 bits per heavy atom. The third-order valence-electron chi connectivity index (χ3n) is 4.87. The van der Waals surface area contributed by atoms with Gasteiger partial charge in [-0.05, 0) is 51.2 Å². The lowest BCUT2D eigenvalue weighted by Gasteiger charge is -2.35. The molecule has 0 bridgehead atoms. The number of piperidine rings is 1. The summed E-state index contributed by atoms with van der Waals surface area (Å²) in [5, 5.41) is 9.24. The van der Waals surface area contributed by atoms with Gasteiger partial charge < -0.3 is 14.4 Å². The summed E-state index contributed by atoms with van der Waals surface area (Å²) >= 11 is 0. The van der Waals surface area contributed by atoms with E-state index >= 15 is 0 Å². The first-order valence-corrected chi connectivity index (χ1v) is 8.45. The van der Waals surface area contributed by atoms with Crippen molar-refractivity contribution < 1.29 is 9.90 Å². The van der Waals surface area contributed by atoms with Gasteiger partial charge in [0.25, 0.3) is 0 Å². The SMILES string of the molecule is Cc1nc2c(C)cccn2c1CC(=O)N1CCCCC1CCO. The average Bonchev–Trinajstić information content (AvgIpc) is 2.86. The summed E-state index contributed by atoms with van der Waals surface area (Å²) in [5.41, 5.74) is 3.94. The molecule has 1 aliphatic rings. The molecular formula is C18H25N3O2. The van der Waals surface area contributed by atoms with Crippen LogP contribution in [0.4, 0.5) is 0 Å². The van der Waals surface area contributed by atoms with Gasteiger partial charge in [-0.15, -0.1) is 0 Å². The summed E-state index contributed by atoms with van der Waals surface area (Å²) in [4.78, 5) is 19.4. The highest BCUT2D eigenvalue weighted by molar-refractivity contribution is 5.79. The number of fused-ring (bicyclic) bond motifs is 1. The van der Waals surface area contributed by atoms with Crippen LogP contribution in [0, 0.1) is 13.8 Å². The highest BCUT2D eigenvalue weighted by Gasteiger charge is 2.27. The zero-order valence-corrected chi connectivity index (χ0v) is 14.0. The standard InChI is InChI=1S/C18H25N3O2/c1-13-6-5-10-21-16(14(2)19-18(13)21)12-17(23)20-9-4-3-7-15(20)8-11-22/h5-6,10,15,22H,3-4,7-9,11-12H2,1-2H3. The van der Waals surface area contributed by atoms with E-state index < -0.39 is 0 Å². The minimum atomic E-state index is 0.141. The van der Waals surface area contributed by atoms with E-state index in [1.54, 1.807) is 0 Å². The number of aryl methyl sites for hydroxylation is 2. The van der Waals surface area contributed by atoms with Crippen LogP contribution >= 0.6 is 0 Å². The molecule has 0 aliphatic carbocycles. The maximum atomic E-state index is 12.8. The van der Waals surface area contributed by atoms with E-state index in [2.05, 4.69) is 4.98 Å². The molecule has 2 aromatic rings. The van der Waals surface area contributed by atoms with Crippen molar-refractivity contribution in [2.45, 2.75) is 52.0 Å². The molecule has 1 N–H and O–H groups in total. The molecule has 0 spiro atoms. The molecule has 2 aromatic heterocycles. The van der Waals surface area contributed by atoms with E-state index in [0.29, 0.717) is 12.8 Å². The molecule has 124 valence electrons. The number of carbonyl (C=O) groups excluding carboxylic acids is 1. The Bertz CT molecular complexity index is 706. The molecule has 3 heterocycles. The number of aliphatic hydroxyl groups excluding tert-OH is 1. The van der Waals surface area contributed by atoms with Gasteiger partial charge >= 0.3 is 0 Å². The second-order valence-corrected chi connectivity index (χ2v) is 6.45. The van der Waals surface area contributed by atoms with Crippen molar-refractivity contribution in [3.05, 3.63) is 35.3 Å². The molecule has 1 amide bonds. The number of likely N-dealkylation sites (tertiary alicyclic amines) is 1. The molecule has 23 heavy (non-hydrogen) atoms. The third kappa shape index (κ3) is 3.11. The van der Waals surface area contributed by atoms with E-state index in [-0.39, 0.29) is 18.6 Å². The lowest BCUT2D eigenvalue weighted by atomic mass is 9.99. The van der Waals surface area contributed by atoms with Crippen molar-refractivity contribution in [1.82, 2.24) is 14.3 Å². The van der Waals surface area contributed by atoms with Gasteiger partial charge in [-0.2, -0.15) is 0 Å². The number of pyridine rings is 1. The van der Waals surface area contributed by atoms with Crippen LogP contribution in [-0.4, -0.2) is 44.5 Å². The predicted octanol–water partition coefficient (Wildman–Crippen LogP) is 2.26. The monoisotopic (exact) mass is 315 g/mol. The number of hydrogen-bond donors (Lipinski definition) is 1. The molecule has 1 saturated heterocycles. The van der Waals surface area contributed by atoms with Crippen LogP contribution in [0.1, 0.15) is 42.6 Å². The minimum absolute atomic E-state index is 0.141. The number of imidazole rings is 1. The van der Waals surface area contributed by atoms with Crippen LogP contribution in [0.3, 0.4) is 0 Å². The third-order valence-corrected chi connectivity index (χ3v) is 4.87. The van der Waals surface area contributed by atoms with Gasteiger partial charge in [0.2, 0.25) is 5.91 Å². The smallest absolute Gasteiger partial charge is 0.228 e. The molecule has 1 atom stereocenters. The molecule has 0 aromatic carbocycles. The second kappa shape index (κ2) is 6.71. The van der Waals surface area contributed by atoms with Gasteiger partial charge in [0.1, 0.15) is 5.65 Å². The van der Waals surface area contributed by atoms with Crippen molar-refractivity contribution in [3.63, 3.8) is 0 Å². The largest absolute Gasteiger partial charge is 0.396 e. The molecule has 0 radical (unpaired) electrons. The van der Waals surface area contributed by atoms with E-state index in [4.69, 9.17) is 0 Å². The Labute approximate surface area is 136 Å². The zero-order valence-electron chi connectivity index (χ0n) is 14.0. The van der Waals surface area contributed by atoms with Crippen molar-refractivity contribution in [2.24, 2.45) is 0 Å². The zero-order chi connectivity index (χ0) is 16.4. The highest BCUT2D eigenvalue weighted by Crippen LogP contribution is 2.22. The van der Waals surface area contributed by atoms with Crippen molar-refractivity contribution >= 4 is 11.6 Å². The Morgan fingerprint density at radius 2 is 2.22 bits per heavy atom. The van der Waals surface area contributed by atoms with Gasteiger partial charge in [0.05, 0.1) is 17.8 Å². The number of hydrogen-bond acceptors (Lipinski definition) is 3. The van der Waals surface area contributed by atoms with Gasteiger partial charge in [-0.25, -0.2) is 4.98 Å². The van der Waals surface area contributed by atoms with Gasteiger partial charge in [-0.1, -0.05) is 6.07 Å². The number of aliphatic hydroxyl groups is 1. The molecule has 0 saturated carbocycles. The van der Waals surface area contributed by atoms with E-state index in [1.165, 1.54) is 0 Å². The summed E-state index contributed by atoms with van der Waals surface area (Å²) in [6, 6.07) is 4.21. The van der Waals surface area contributed by atoms with Crippen molar-refractivity contribution in [3.8, 4) is 0 Å². The first-order chi connectivity index (χ1) is 11.1. The number of carbonyl (C=O) groups is 1. The van der Waals surface area contributed by atoms with Gasteiger partial charge in [0, 0.05) is 25.4 Å². The predicted molar refractivity (Wildman–Crippen MR) is 89.4 cm³/mol. The van der Waals surface area contributed by atoms with Crippen molar-refractivity contribution in [2.75, 3.05) is 13.2 Å². The molecule has 1 unspecified atom stereocenters. The van der Waals surface area contributed by atoms with Crippen LogP contribution in [0.15, 0.2) is 18.3 Å². The Morgan fingerprint density at radius 3 is 3.00 bits per heavy atom. The quantitative estimate of drug-likeness (QED) is 0.941. The fourth-order valence-electron chi connectivity index (χ4n) is 3.60. The normalized spacial score (nSPS) is 18.6. The van der Waals surface area contributed by atoms with E-state index in [0.717, 1.165) is 48.4 Å². The number of amides is 1. The lowest BCUT2D eigenvalue weighted by Crippen LogP contribution is -2.45. The molecule has 5 nitrogen and oxygen atoms in total. The van der Waals surface area contributed by atoms with Crippen LogP contribution in [-0.2, 0) is 11.2 Å². The Kier molecular flexibility index (Phi) is 4.66. The topological polar surface area (TPSA) is 57.8 Å². The average molecular weight is 315 g/mol. The summed E-state index contributed by atoms with van der Waals surface area (Å²) in [6.45, 7) is 4.95. The molecular weight excluding hydrogens is 290 g/mol. The molecule has 1 aliphatic heterocycles. The summed E-state index contributed by atoms with van der Waals surface area (Å²) in [6.07, 6.45) is 6.22. The lowest BCUT2D eigenvalue weighted by molar-refractivity contribution is -0.134. The first kappa shape index (κ1) is 16.0. The van der Waals surface area contributed by atoms with Crippen LogP contribution in [0.5, 0.6) is 0 Å². The Hall–Kier alpha value is -1.88. The second-order valence-electron chi connectivity index (χ2n) is 6.45.